The molecule has 0 saturated carbocycles. The van der Waals surface area contributed by atoms with Gasteiger partial charge in [-0.15, -0.1) is 0 Å². The van der Waals surface area contributed by atoms with Crippen LogP contribution in [0.1, 0.15) is 23.5 Å². The third kappa shape index (κ3) is 2.51. The average Bonchev–Trinajstić information content (AvgIpc) is 2.78. The van der Waals surface area contributed by atoms with Crippen LogP contribution < -0.4 is 4.90 Å². The van der Waals surface area contributed by atoms with Gasteiger partial charge in [0.1, 0.15) is 0 Å². The van der Waals surface area contributed by atoms with Crippen molar-refractivity contribution in [3.05, 3.63) is 64.1 Å². The highest BCUT2D eigenvalue weighted by Gasteiger charge is 2.40. The smallest absolute Gasteiger partial charge is 0.241 e. The van der Waals surface area contributed by atoms with Crippen LogP contribution in [0.3, 0.4) is 0 Å². The van der Waals surface area contributed by atoms with E-state index in [4.69, 9.17) is 0 Å². The summed E-state index contributed by atoms with van der Waals surface area (Å²) in [5, 5.41) is 0. The van der Waals surface area contributed by atoms with E-state index in [1.165, 1.54) is 4.90 Å². The topological polar surface area (TPSA) is 37.4 Å². The maximum absolute atomic E-state index is 12.6. The minimum Gasteiger partial charge on any atom is -0.274 e. The van der Waals surface area contributed by atoms with E-state index in [9.17, 15) is 9.59 Å². The average molecular weight is 344 g/mol. The van der Waals surface area contributed by atoms with Gasteiger partial charge >= 0.3 is 0 Å². The van der Waals surface area contributed by atoms with Crippen LogP contribution in [0.2, 0.25) is 0 Å². The van der Waals surface area contributed by atoms with E-state index >= 15 is 0 Å². The second-order valence-electron chi connectivity index (χ2n) is 5.17. The fraction of sp³-hybridized carbons (Fsp3) is 0.176. The molecule has 4 heteroatoms. The van der Waals surface area contributed by atoms with Gasteiger partial charge < -0.3 is 0 Å². The molecule has 1 aliphatic heterocycles. The summed E-state index contributed by atoms with van der Waals surface area (Å²) in [6.07, 6.45) is 0.234. The predicted molar refractivity (Wildman–Crippen MR) is 85.2 cm³/mol. The van der Waals surface area contributed by atoms with Gasteiger partial charge in [-0.1, -0.05) is 46.3 Å². The van der Waals surface area contributed by atoms with E-state index in [-0.39, 0.29) is 24.2 Å². The molecule has 106 valence electrons. The number of anilines is 1. The number of hydrogen-bond donors (Lipinski definition) is 0. The molecule has 0 radical (unpaired) electrons. The molecule has 0 bridgehead atoms. The van der Waals surface area contributed by atoms with E-state index in [1.54, 1.807) is 6.07 Å². The molecular weight excluding hydrogens is 330 g/mol. The minimum atomic E-state index is -0.373. The molecule has 2 aromatic rings. The lowest BCUT2D eigenvalue weighted by Gasteiger charge is -2.16. The molecule has 0 aromatic heterocycles. The number of rotatable bonds is 2. The largest absolute Gasteiger partial charge is 0.274 e. The summed E-state index contributed by atoms with van der Waals surface area (Å²) in [7, 11) is 0. The van der Waals surface area contributed by atoms with Gasteiger partial charge in [0.25, 0.3) is 0 Å². The molecule has 1 atom stereocenters. The normalized spacial score (nSPS) is 18.4. The predicted octanol–water partition coefficient (Wildman–Crippen LogP) is 3.80. The van der Waals surface area contributed by atoms with Crippen molar-refractivity contribution < 1.29 is 9.59 Å². The fourth-order valence-corrected chi connectivity index (χ4v) is 2.86. The second kappa shape index (κ2) is 5.45. The van der Waals surface area contributed by atoms with Gasteiger partial charge in [0.05, 0.1) is 11.6 Å². The molecule has 2 amide bonds. The number of halogens is 1. The first-order valence-electron chi connectivity index (χ1n) is 6.76. The maximum atomic E-state index is 12.6. The molecule has 0 N–H and O–H groups in total. The summed E-state index contributed by atoms with van der Waals surface area (Å²) >= 11 is 3.43. The third-order valence-electron chi connectivity index (χ3n) is 3.75. The van der Waals surface area contributed by atoms with Crippen LogP contribution >= 0.6 is 15.9 Å². The number of carbonyl (C=O) groups is 2. The number of benzene rings is 2. The molecule has 1 heterocycles. The molecule has 0 spiro atoms. The van der Waals surface area contributed by atoms with Crippen molar-refractivity contribution in [1.29, 1.82) is 0 Å². The first-order chi connectivity index (χ1) is 10.1. The molecule has 3 rings (SSSR count). The Kier molecular flexibility index (Phi) is 3.64. The van der Waals surface area contributed by atoms with E-state index in [0.717, 1.165) is 15.6 Å². The summed E-state index contributed by atoms with van der Waals surface area (Å²) in [6.45, 7) is 1.94. The molecule has 1 unspecified atom stereocenters. The molecule has 1 aliphatic rings. The molecule has 21 heavy (non-hydrogen) atoms. The van der Waals surface area contributed by atoms with E-state index in [1.807, 2.05) is 49.4 Å². The van der Waals surface area contributed by atoms with Crippen molar-refractivity contribution >= 4 is 33.4 Å². The monoisotopic (exact) mass is 343 g/mol. The van der Waals surface area contributed by atoms with Gasteiger partial charge in [-0.25, -0.2) is 4.90 Å². The highest BCUT2D eigenvalue weighted by atomic mass is 79.9. The number of imide groups is 1. The fourth-order valence-electron chi connectivity index (χ4n) is 2.62. The van der Waals surface area contributed by atoms with Crippen LogP contribution in [0.5, 0.6) is 0 Å². The summed E-state index contributed by atoms with van der Waals surface area (Å²) in [5.74, 6) is -0.661. The number of nitrogens with zero attached hydrogens (tertiary/aromatic N) is 1. The standard InChI is InChI=1S/C17H14BrNO2/c1-11-9-13(7-8-15(11)18)19-16(20)10-14(17(19)21)12-5-3-2-4-6-12/h2-9,14H,10H2,1H3. The Morgan fingerprint density at radius 1 is 1.10 bits per heavy atom. The maximum Gasteiger partial charge on any atom is 0.241 e. The first-order valence-corrected chi connectivity index (χ1v) is 7.55. The van der Waals surface area contributed by atoms with Crippen LogP contribution in [-0.2, 0) is 9.59 Å². The van der Waals surface area contributed by atoms with Gasteiger partial charge in [-0.3, -0.25) is 9.59 Å². The van der Waals surface area contributed by atoms with Gasteiger partial charge in [-0.05, 0) is 36.2 Å². The molecule has 1 fully saturated rings. The van der Waals surface area contributed by atoms with Crippen molar-refractivity contribution in [3.8, 4) is 0 Å². The third-order valence-corrected chi connectivity index (χ3v) is 4.64. The summed E-state index contributed by atoms with van der Waals surface area (Å²) in [4.78, 5) is 26.2. The van der Waals surface area contributed by atoms with E-state index in [0.29, 0.717) is 5.69 Å². The lowest BCUT2D eigenvalue weighted by Crippen LogP contribution is -2.30. The van der Waals surface area contributed by atoms with E-state index in [2.05, 4.69) is 15.9 Å². The Hall–Kier alpha value is -1.94. The zero-order valence-electron chi connectivity index (χ0n) is 11.5. The zero-order chi connectivity index (χ0) is 15.0. The number of carbonyl (C=O) groups excluding carboxylic acids is 2. The summed E-state index contributed by atoms with van der Waals surface area (Å²) in [5.41, 5.74) is 2.53. The quantitative estimate of drug-likeness (QED) is 0.777. The summed E-state index contributed by atoms with van der Waals surface area (Å²) in [6, 6.07) is 15.0. The lowest BCUT2D eigenvalue weighted by atomic mass is 9.98. The van der Waals surface area contributed by atoms with Crippen LogP contribution in [0.15, 0.2) is 53.0 Å². The Labute approximate surface area is 131 Å². The lowest BCUT2D eigenvalue weighted by molar-refractivity contribution is -0.121. The van der Waals surface area contributed by atoms with Gasteiger partial charge in [0.2, 0.25) is 11.8 Å². The van der Waals surface area contributed by atoms with Crippen LogP contribution in [0, 0.1) is 6.92 Å². The Morgan fingerprint density at radius 3 is 2.48 bits per heavy atom. The second-order valence-corrected chi connectivity index (χ2v) is 6.02. The molecule has 2 aromatic carbocycles. The highest BCUT2D eigenvalue weighted by Crippen LogP contribution is 2.34. The van der Waals surface area contributed by atoms with E-state index < -0.39 is 0 Å². The molecule has 3 nitrogen and oxygen atoms in total. The van der Waals surface area contributed by atoms with Crippen molar-refractivity contribution in [2.75, 3.05) is 4.90 Å². The van der Waals surface area contributed by atoms with Gasteiger partial charge in [0.15, 0.2) is 0 Å². The van der Waals surface area contributed by atoms with Crippen molar-refractivity contribution in [1.82, 2.24) is 0 Å². The van der Waals surface area contributed by atoms with Crippen LogP contribution in [0.4, 0.5) is 5.69 Å². The number of aryl methyl sites for hydroxylation is 1. The molecule has 1 saturated heterocycles. The summed E-state index contributed by atoms with van der Waals surface area (Å²) < 4.78 is 0.963. The molecular formula is C17H14BrNO2. The Bertz CT molecular complexity index is 712. The van der Waals surface area contributed by atoms with Gasteiger partial charge in [-0.2, -0.15) is 0 Å². The Morgan fingerprint density at radius 2 is 1.81 bits per heavy atom. The molecule has 0 aliphatic carbocycles. The highest BCUT2D eigenvalue weighted by molar-refractivity contribution is 9.10. The SMILES string of the molecule is Cc1cc(N2C(=O)CC(c3ccccc3)C2=O)ccc1Br. The number of amides is 2. The first kappa shape index (κ1) is 14.0. The van der Waals surface area contributed by atoms with Crippen molar-refractivity contribution in [3.63, 3.8) is 0 Å². The number of hydrogen-bond acceptors (Lipinski definition) is 2. The zero-order valence-corrected chi connectivity index (χ0v) is 13.1. The van der Waals surface area contributed by atoms with Crippen LogP contribution in [-0.4, -0.2) is 11.8 Å². The Balaban J connectivity index is 1.96. The minimum absolute atomic E-state index is 0.143. The van der Waals surface area contributed by atoms with Gasteiger partial charge in [0, 0.05) is 10.9 Å². The van der Waals surface area contributed by atoms with Crippen molar-refractivity contribution in [2.45, 2.75) is 19.3 Å². The van der Waals surface area contributed by atoms with Crippen LogP contribution in [0.25, 0.3) is 0 Å². The van der Waals surface area contributed by atoms with Crippen molar-refractivity contribution in [2.24, 2.45) is 0 Å².